The van der Waals surface area contributed by atoms with Crippen LogP contribution in [0.25, 0.3) is 0 Å². The Morgan fingerprint density at radius 3 is 1.36 bits per heavy atom. The van der Waals surface area contributed by atoms with Crippen molar-refractivity contribution in [3.63, 3.8) is 0 Å². The number of Topliss-reactive ketones (excluding diaryl/α,β-unsaturated/α-hetero) is 2. The SMILES string of the molecule is F.FF.FF.O=C1C(SCCO)=C(SCCO)C(=O)c2ccccc21. The first-order valence-electron chi connectivity index (χ1n) is 6.39. The summed E-state index contributed by atoms with van der Waals surface area (Å²) in [6.45, 7) is -0.121. The minimum Gasteiger partial charge on any atom is -0.396 e. The van der Waals surface area contributed by atoms with E-state index in [2.05, 4.69) is 0 Å². The highest BCUT2D eigenvalue weighted by molar-refractivity contribution is 8.08. The van der Waals surface area contributed by atoms with E-state index in [-0.39, 0.29) is 29.5 Å². The normalized spacial score (nSPS) is 12.2. The quantitative estimate of drug-likeness (QED) is 0.704. The molecule has 0 amide bonds. The zero-order chi connectivity index (χ0) is 18.5. The van der Waals surface area contributed by atoms with Crippen molar-refractivity contribution in [2.24, 2.45) is 0 Å². The maximum Gasteiger partial charge on any atom is 0.201 e. The lowest BCUT2D eigenvalue weighted by Crippen LogP contribution is -2.20. The molecule has 11 heteroatoms. The topological polar surface area (TPSA) is 74.6 Å². The summed E-state index contributed by atoms with van der Waals surface area (Å²) < 4.78 is 32.0. The molecule has 0 saturated carbocycles. The number of halogens is 5. The number of thioether (sulfide) groups is 2. The van der Waals surface area contributed by atoms with Crippen molar-refractivity contribution in [3.05, 3.63) is 45.2 Å². The van der Waals surface area contributed by atoms with Crippen LogP contribution in [0.1, 0.15) is 20.7 Å². The van der Waals surface area contributed by atoms with Gasteiger partial charge < -0.3 is 10.2 Å². The van der Waals surface area contributed by atoms with Crippen LogP contribution in [0.4, 0.5) is 23.0 Å². The van der Waals surface area contributed by atoms with Gasteiger partial charge in [-0.15, -0.1) is 23.5 Å². The maximum absolute atomic E-state index is 12.5. The Kier molecular flexibility index (Phi) is 15.4. The average Bonchev–Trinajstić information content (AvgIpc) is 2.66. The van der Waals surface area contributed by atoms with Gasteiger partial charge in [-0.05, 0) is 0 Å². The molecule has 0 heterocycles. The van der Waals surface area contributed by atoms with Gasteiger partial charge >= 0.3 is 0 Å². The van der Waals surface area contributed by atoms with E-state index in [0.717, 1.165) is 0 Å². The third kappa shape index (κ3) is 6.77. The summed E-state index contributed by atoms with van der Waals surface area (Å²) >= 11 is 2.38. The molecule has 1 aliphatic rings. The van der Waals surface area contributed by atoms with Crippen LogP contribution in [0.3, 0.4) is 0 Å². The molecular weight excluding hydrogens is 391 g/mol. The second-order valence-corrected chi connectivity index (χ2v) is 6.22. The fourth-order valence-corrected chi connectivity index (χ4v) is 3.76. The van der Waals surface area contributed by atoms with E-state index in [1.807, 2.05) is 0 Å². The zero-order valence-corrected chi connectivity index (χ0v) is 14.2. The molecule has 1 aromatic carbocycles. The van der Waals surface area contributed by atoms with E-state index < -0.39 is 0 Å². The largest absolute Gasteiger partial charge is 0.396 e. The van der Waals surface area contributed by atoms with Crippen LogP contribution in [0, 0.1) is 0 Å². The molecule has 1 aliphatic carbocycles. The van der Waals surface area contributed by atoms with Crippen molar-refractivity contribution >= 4 is 35.1 Å². The van der Waals surface area contributed by atoms with Crippen LogP contribution in [0.15, 0.2) is 34.1 Å². The summed E-state index contributed by atoms with van der Waals surface area (Å²) in [4.78, 5) is 25.7. The first kappa shape index (κ1) is 25.8. The number of ketones is 2. The van der Waals surface area contributed by atoms with E-state index in [4.69, 9.17) is 28.5 Å². The van der Waals surface area contributed by atoms with Gasteiger partial charge in [0.05, 0.1) is 23.0 Å². The van der Waals surface area contributed by atoms with Crippen molar-refractivity contribution in [2.45, 2.75) is 0 Å². The number of hydrogen-bond donors (Lipinski definition) is 2. The Bertz CT molecular complexity index is 535. The molecule has 0 saturated heterocycles. The molecule has 0 aliphatic heterocycles. The maximum atomic E-state index is 12.5. The van der Waals surface area contributed by atoms with Gasteiger partial charge in [0.1, 0.15) is 0 Å². The molecule has 1 aromatic rings. The van der Waals surface area contributed by atoms with E-state index in [0.29, 0.717) is 32.4 Å². The van der Waals surface area contributed by atoms with Crippen LogP contribution in [-0.4, -0.2) is 46.5 Å². The Morgan fingerprint density at radius 2 is 1.08 bits per heavy atom. The minimum atomic E-state index is -0.181. The van der Waals surface area contributed by atoms with Crippen LogP contribution in [0.5, 0.6) is 0 Å². The number of allylic oxidation sites excluding steroid dienone is 2. The lowest BCUT2D eigenvalue weighted by atomic mass is 9.94. The van der Waals surface area contributed by atoms with Crippen LogP contribution < -0.4 is 0 Å². The summed E-state index contributed by atoms with van der Waals surface area (Å²) in [5.74, 6) is 0.359. The minimum absolute atomic E-state index is 0. The van der Waals surface area contributed by atoms with Gasteiger partial charge in [0.25, 0.3) is 0 Å². The number of aliphatic hydroxyl groups excluding tert-OH is 2. The molecule has 4 nitrogen and oxygen atoms in total. The monoisotopic (exact) mass is 406 g/mol. The molecule has 0 spiro atoms. The molecule has 142 valence electrons. The molecule has 0 aromatic heterocycles. The summed E-state index contributed by atoms with van der Waals surface area (Å²) in [5.41, 5.74) is 0.817. The first-order chi connectivity index (χ1) is 11.7. The predicted octanol–water partition coefficient (Wildman–Crippen LogP) is 3.56. The van der Waals surface area contributed by atoms with Crippen molar-refractivity contribution < 1.29 is 42.8 Å². The van der Waals surface area contributed by atoms with Gasteiger partial charge in [-0.3, -0.25) is 14.3 Å². The summed E-state index contributed by atoms with van der Waals surface area (Å²) in [6, 6.07) is 6.74. The molecule has 0 fully saturated rings. The number of hydrogen-bond acceptors (Lipinski definition) is 6. The number of fused-ring (bicyclic) bond motifs is 1. The van der Waals surface area contributed by atoms with Gasteiger partial charge in [0, 0.05) is 40.9 Å². The summed E-state index contributed by atoms with van der Waals surface area (Å²) in [5, 5.41) is 17.8. The smallest absolute Gasteiger partial charge is 0.201 e. The number of benzene rings is 1. The van der Waals surface area contributed by atoms with Crippen molar-refractivity contribution in [2.75, 3.05) is 24.7 Å². The van der Waals surface area contributed by atoms with E-state index in [1.54, 1.807) is 24.3 Å². The molecule has 0 atom stereocenters. The Balaban J connectivity index is 0. The predicted molar refractivity (Wildman–Crippen MR) is 88.2 cm³/mol. The van der Waals surface area contributed by atoms with Crippen molar-refractivity contribution in [1.82, 2.24) is 0 Å². The second-order valence-electron chi connectivity index (χ2n) is 4.01. The van der Waals surface area contributed by atoms with E-state index >= 15 is 0 Å². The standard InChI is InChI=1S/C14H14O4S2.2F2.FH/c15-5-7-19-13-11(17)9-3-1-2-4-10(9)12(18)14(13)20-8-6-16;2*1-2;/h1-4,15-16H,5-8H2;;;1H. The van der Waals surface area contributed by atoms with Crippen LogP contribution in [-0.2, 0) is 0 Å². The van der Waals surface area contributed by atoms with E-state index in [1.165, 1.54) is 23.5 Å². The van der Waals surface area contributed by atoms with Crippen LogP contribution in [0.2, 0.25) is 0 Å². The molecule has 0 unspecified atom stereocenters. The molecular formula is C14H15F5O4S2. The molecule has 0 radical (unpaired) electrons. The third-order valence-electron chi connectivity index (χ3n) is 2.71. The third-order valence-corrected chi connectivity index (χ3v) is 4.97. The van der Waals surface area contributed by atoms with Gasteiger partial charge in [0.2, 0.25) is 11.6 Å². The lowest BCUT2D eigenvalue weighted by molar-refractivity contribution is 0.0988. The van der Waals surface area contributed by atoms with Crippen molar-refractivity contribution in [3.8, 4) is 0 Å². The lowest BCUT2D eigenvalue weighted by Gasteiger charge is -2.19. The Morgan fingerprint density at radius 1 is 0.760 bits per heavy atom. The second kappa shape index (κ2) is 14.9. The Labute approximate surface area is 148 Å². The molecule has 2 rings (SSSR count). The first-order valence-corrected chi connectivity index (χ1v) is 8.36. The van der Waals surface area contributed by atoms with Gasteiger partial charge in [-0.1, -0.05) is 24.3 Å². The molecule has 0 bridgehead atoms. The van der Waals surface area contributed by atoms with Gasteiger partial charge in [-0.2, -0.15) is 0 Å². The highest BCUT2D eigenvalue weighted by Gasteiger charge is 2.32. The highest BCUT2D eigenvalue weighted by atomic mass is 32.2. The fourth-order valence-electron chi connectivity index (χ4n) is 1.89. The van der Waals surface area contributed by atoms with Gasteiger partial charge in [-0.25, -0.2) is 0 Å². The summed E-state index contributed by atoms with van der Waals surface area (Å²) in [6.07, 6.45) is 0. The number of carbonyl (C=O) groups excluding carboxylic acids is 2. The van der Waals surface area contributed by atoms with Gasteiger partial charge in [0.15, 0.2) is 0 Å². The van der Waals surface area contributed by atoms with Crippen molar-refractivity contribution in [1.29, 1.82) is 0 Å². The number of carbonyl (C=O) groups is 2. The fraction of sp³-hybridized carbons (Fsp3) is 0.286. The molecule has 25 heavy (non-hydrogen) atoms. The Hall–Kier alpha value is -1.43. The number of rotatable bonds is 6. The average molecular weight is 406 g/mol. The van der Waals surface area contributed by atoms with Crippen LogP contribution >= 0.6 is 23.5 Å². The van der Waals surface area contributed by atoms with E-state index in [9.17, 15) is 9.59 Å². The number of aliphatic hydroxyl groups is 2. The summed E-state index contributed by atoms with van der Waals surface area (Å²) in [7, 11) is 0. The zero-order valence-electron chi connectivity index (χ0n) is 12.6. The molecule has 2 N–H and O–H groups in total. The highest BCUT2D eigenvalue weighted by Crippen LogP contribution is 2.37.